The summed E-state index contributed by atoms with van der Waals surface area (Å²) in [6.45, 7) is 3.97. The van der Waals surface area contributed by atoms with Gasteiger partial charge in [0.05, 0.1) is 0 Å². The Kier molecular flexibility index (Phi) is 3.78. The molecule has 1 aromatic rings. The van der Waals surface area contributed by atoms with Gasteiger partial charge in [-0.3, -0.25) is 9.69 Å². The molecule has 0 saturated carbocycles. The first-order valence-electron chi connectivity index (χ1n) is 7.22. The Morgan fingerprint density at radius 3 is 2.85 bits per heavy atom. The molecule has 2 aliphatic heterocycles. The number of ether oxygens (including phenoxy) is 1. The summed E-state index contributed by atoms with van der Waals surface area (Å²) in [5.41, 5.74) is 6.31. The van der Waals surface area contributed by atoms with Gasteiger partial charge >= 0.3 is 0 Å². The summed E-state index contributed by atoms with van der Waals surface area (Å²) in [4.78, 5) is 16.6. The number of piperazine rings is 1. The third kappa shape index (κ3) is 2.88. The van der Waals surface area contributed by atoms with Crippen LogP contribution in [0.5, 0.6) is 5.75 Å². The van der Waals surface area contributed by atoms with Gasteiger partial charge in [-0.15, -0.1) is 0 Å². The maximum absolute atomic E-state index is 12.2. The molecular weight excluding hydrogens is 254 g/mol. The first kappa shape index (κ1) is 13.2. The van der Waals surface area contributed by atoms with Gasteiger partial charge in [0, 0.05) is 31.4 Å². The fourth-order valence-corrected chi connectivity index (χ4v) is 3.02. The topological polar surface area (TPSA) is 58.8 Å². The molecule has 2 aliphatic rings. The van der Waals surface area contributed by atoms with Crippen LogP contribution in [0.15, 0.2) is 24.3 Å². The van der Waals surface area contributed by atoms with Gasteiger partial charge in [0.1, 0.15) is 5.75 Å². The molecular formula is C15H21N3O2. The number of nitrogens with zero attached hydrogens (tertiary/aromatic N) is 2. The van der Waals surface area contributed by atoms with Gasteiger partial charge in [-0.25, -0.2) is 0 Å². The zero-order valence-electron chi connectivity index (χ0n) is 11.6. The predicted octanol–water partition coefficient (Wildman–Crippen LogP) is 0.954. The highest BCUT2D eigenvalue weighted by molar-refractivity contribution is 5.78. The number of hydrogen-bond acceptors (Lipinski definition) is 4. The van der Waals surface area contributed by atoms with E-state index in [2.05, 4.69) is 4.90 Å². The lowest BCUT2D eigenvalue weighted by Gasteiger charge is -2.37. The molecule has 2 heterocycles. The Labute approximate surface area is 119 Å². The second kappa shape index (κ2) is 5.71. The van der Waals surface area contributed by atoms with E-state index in [-0.39, 0.29) is 12.5 Å². The smallest absolute Gasteiger partial charge is 0.260 e. The van der Waals surface area contributed by atoms with Crippen molar-refractivity contribution in [1.29, 1.82) is 0 Å². The quantitative estimate of drug-likeness (QED) is 0.835. The minimum Gasteiger partial charge on any atom is -0.484 e. The molecule has 1 aromatic carbocycles. The van der Waals surface area contributed by atoms with Gasteiger partial charge in [-0.1, -0.05) is 0 Å². The highest BCUT2D eigenvalue weighted by atomic mass is 16.5. The van der Waals surface area contributed by atoms with Gasteiger partial charge in [0.15, 0.2) is 6.61 Å². The monoisotopic (exact) mass is 275 g/mol. The maximum Gasteiger partial charge on any atom is 0.260 e. The van der Waals surface area contributed by atoms with Crippen molar-refractivity contribution >= 4 is 11.6 Å². The summed E-state index contributed by atoms with van der Waals surface area (Å²) in [6.07, 6.45) is 2.47. The number of nitrogen functional groups attached to an aromatic ring is 1. The van der Waals surface area contributed by atoms with Crippen LogP contribution in [-0.2, 0) is 4.79 Å². The molecule has 2 fully saturated rings. The van der Waals surface area contributed by atoms with E-state index in [4.69, 9.17) is 10.5 Å². The van der Waals surface area contributed by atoms with Crippen molar-refractivity contribution in [2.75, 3.05) is 38.5 Å². The van der Waals surface area contributed by atoms with E-state index in [0.717, 1.165) is 19.6 Å². The number of fused-ring (bicyclic) bond motifs is 1. The molecule has 2 saturated heterocycles. The minimum absolute atomic E-state index is 0.0772. The minimum atomic E-state index is 0.0772. The van der Waals surface area contributed by atoms with Gasteiger partial charge in [-0.05, 0) is 43.7 Å². The van der Waals surface area contributed by atoms with Crippen molar-refractivity contribution in [2.45, 2.75) is 18.9 Å². The van der Waals surface area contributed by atoms with Crippen LogP contribution in [0.4, 0.5) is 5.69 Å². The maximum atomic E-state index is 12.2. The second-order valence-corrected chi connectivity index (χ2v) is 5.53. The van der Waals surface area contributed by atoms with E-state index < -0.39 is 0 Å². The predicted molar refractivity (Wildman–Crippen MR) is 77.5 cm³/mol. The van der Waals surface area contributed by atoms with Crippen molar-refractivity contribution in [3.63, 3.8) is 0 Å². The summed E-state index contributed by atoms with van der Waals surface area (Å²) >= 11 is 0. The van der Waals surface area contributed by atoms with E-state index in [1.807, 2.05) is 4.90 Å². The highest BCUT2D eigenvalue weighted by Gasteiger charge is 2.32. The normalized spacial score (nSPS) is 22.6. The van der Waals surface area contributed by atoms with Crippen molar-refractivity contribution in [1.82, 2.24) is 9.80 Å². The Morgan fingerprint density at radius 1 is 1.25 bits per heavy atom. The van der Waals surface area contributed by atoms with Crippen molar-refractivity contribution in [2.24, 2.45) is 0 Å². The SMILES string of the molecule is Nc1ccc(OCC(=O)N2CCN3CCCC3C2)cc1. The van der Waals surface area contributed by atoms with E-state index >= 15 is 0 Å². The van der Waals surface area contributed by atoms with E-state index in [1.54, 1.807) is 24.3 Å². The molecule has 5 heteroatoms. The molecule has 108 valence electrons. The largest absolute Gasteiger partial charge is 0.484 e. The van der Waals surface area contributed by atoms with Gasteiger partial charge in [-0.2, -0.15) is 0 Å². The number of carbonyl (C=O) groups excluding carboxylic acids is 1. The Bertz CT molecular complexity index is 475. The average Bonchev–Trinajstić information content (AvgIpc) is 2.93. The Hall–Kier alpha value is -1.75. The average molecular weight is 275 g/mol. The number of nitrogens with two attached hydrogens (primary N) is 1. The molecule has 0 bridgehead atoms. The molecule has 1 unspecified atom stereocenters. The first-order valence-corrected chi connectivity index (χ1v) is 7.22. The van der Waals surface area contributed by atoms with Crippen LogP contribution in [-0.4, -0.2) is 54.5 Å². The number of amides is 1. The molecule has 0 radical (unpaired) electrons. The number of benzene rings is 1. The summed E-state index contributed by atoms with van der Waals surface area (Å²) in [5, 5.41) is 0. The lowest BCUT2D eigenvalue weighted by molar-refractivity contribution is -0.135. The summed E-state index contributed by atoms with van der Waals surface area (Å²) in [6, 6.07) is 7.69. The number of anilines is 1. The van der Waals surface area contributed by atoms with Crippen LogP contribution in [0, 0.1) is 0 Å². The number of rotatable bonds is 3. The van der Waals surface area contributed by atoms with Crippen LogP contribution >= 0.6 is 0 Å². The second-order valence-electron chi connectivity index (χ2n) is 5.53. The summed E-state index contributed by atoms with van der Waals surface area (Å²) in [7, 11) is 0. The molecule has 0 spiro atoms. The molecule has 1 amide bonds. The lowest BCUT2D eigenvalue weighted by Crippen LogP contribution is -2.53. The van der Waals surface area contributed by atoms with Crippen LogP contribution in [0.2, 0.25) is 0 Å². The van der Waals surface area contributed by atoms with Crippen LogP contribution in [0.1, 0.15) is 12.8 Å². The van der Waals surface area contributed by atoms with Crippen molar-refractivity contribution in [3.05, 3.63) is 24.3 Å². The summed E-state index contributed by atoms with van der Waals surface area (Å²) < 4.78 is 5.53. The lowest BCUT2D eigenvalue weighted by atomic mass is 10.1. The van der Waals surface area contributed by atoms with Crippen LogP contribution < -0.4 is 10.5 Å². The van der Waals surface area contributed by atoms with Gasteiger partial charge < -0.3 is 15.4 Å². The molecule has 2 N–H and O–H groups in total. The first-order chi connectivity index (χ1) is 9.72. The molecule has 0 aliphatic carbocycles. The summed E-state index contributed by atoms with van der Waals surface area (Å²) in [5.74, 6) is 0.764. The molecule has 20 heavy (non-hydrogen) atoms. The molecule has 5 nitrogen and oxygen atoms in total. The van der Waals surface area contributed by atoms with E-state index in [9.17, 15) is 4.79 Å². The fourth-order valence-electron chi connectivity index (χ4n) is 3.02. The molecule has 0 aromatic heterocycles. The molecule has 1 atom stereocenters. The van der Waals surface area contributed by atoms with Gasteiger partial charge in [0.25, 0.3) is 5.91 Å². The zero-order chi connectivity index (χ0) is 13.9. The van der Waals surface area contributed by atoms with Crippen LogP contribution in [0.3, 0.4) is 0 Å². The highest BCUT2D eigenvalue weighted by Crippen LogP contribution is 2.21. The Balaban J connectivity index is 1.50. The van der Waals surface area contributed by atoms with Crippen molar-refractivity contribution in [3.8, 4) is 5.75 Å². The van der Waals surface area contributed by atoms with Crippen LogP contribution in [0.25, 0.3) is 0 Å². The number of hydrogen-bond donors (Lipinski definition) is 1. The van der Waals surface area contributed by atoms with Gasteiger partial charge in [0.2, 0.25) is 0 Å². The third-order valence-electron chi connectivity index (χ3n) is 4.18. The van der Waals surface area contributed by atoms with E-state index in [1.165, 1.54) is 19.4 Å². The Morgan fingerprint density at radius 2 is 2.05 bits per heavy atom. The molecule has 3 rings (SSSR count). The standard InChI is InChI=1S/C15H21N3O2/c16-12-3-5-14(6-4-12)20-11-15(19)18-9-8-17-7-1-2-13(17)10-18/h3-6,13H,1-2,7-11,16H2. The zero-order valence-corrected chi connectivity index (χ0v) is 11.6. The van der Waals surface area contributed by atoms with E-state index in [0.29, 0.717) is 17.5 Å². The third-order valence-corrected chi connectivity index (χ3v) is 4.18. The number of carbonyl (C=O) groups is 1. The fraction of sp³-hybridized carbons (Fsp3) is 0.533. The van der Waals surface area contributed by atoms with Crippen molar-refractivity contribution < 1.29 is 9.53 Å².